The number of carbonyl (C=O) groups is 1. The van der Waals surface area contributed by atoms with E-state index in [1.54, 1.807) is 6.92 Å². The first-order valence-corrected chi connectivity index (χ1v) is 3.52. The molecule has 0 N–H and O–H groups in total. The van der Waals surface area contributed by atoms with Gasteiger partial charge in [-0.25, -0.2) is 0 Å². The average molecular weight is 148 g/mol. The van der Waals surface area contributed by atoms with Crippen LogP contribution in [-0.2, 0) is 9.53 Å². The van der Waals surface area contributed by atoms with Crippen molar-refractivity contribution in [2.45, 2.75) is 26.2 Å². The smallest absolute Gasteiger partial charge is 0.305 e. The van der Waals surface area contributed by atoms with Crippen molar-refractivity contribution in [2.24, 2.45) is 0 Å². The Hall–Kier alpha value is -0.600. The van der Waals surface area contributed by atoms with Crippen molar-refractivity contribution in [1.82, 2.24) is 0 Å². The van der Waals surface area contributed by atoms with Crippen LogP contribution in [0.4, 0.5) is 4.39 Å². The predicted octanol–water partition coefficient (Wildman–Crippen LogP) is 1.69. The zero-order chi connectivity index (χ0) is 7.82. The minimum Gasteiger partial charge on any atom is -0.466 e. The topological polar surface area (TPSA) is 26.3 Å². The minimum absolute atomic E-state index is 0.209. The molecule has 2 nitrogen and oxygen atoms in total. The highest BCUT2D eigenvalue weighted by molar-refractivity contribution is 5.68. The third-order valence-electron chi connectivity index (χ3n) is 1.08. The minimum atomic E-state index is -0.330. The van der Waals surface area contributed by atoms with Gasteiger partial charge in [-0.3, -0.25) is 9.18 Å². The maximum atomic E-state index is 11.5. The van der Waals surface area contributed by atoms with Crippen LogP contribution in [0.5, 0.6) is 0 Å². The van der Waals surface area contributed by atoms with Crippen LogP contribution < -0.4 is 0 Å². The normalized spacial score (nSPS) is 9.40. The van der Waals surface area contributed by atoms with Crippen molar-refractivity contribution in [3.63, 3.8) is 0 Å². The number of carbonyl (C=O) groups excluding carboxylic acids is 1. The largest absolute Gasteiger partial charge is 0.466 e. The summed E-state index contributed by atoms with van der Waals surface area (Å²) < 4.78 is 16.1. The molecule has 0 amide bonds. The summed E-state index contributed by atoms with van der Waals surface area (Å²) in [6.07, 6.45) is 1.51. The van der Waals surface area contributed by atoms with Gasteiger partial charge in [0.15, 0.2) is 0 Å². The van der Waals surface area contributed by atoms with Gasteiger partial charge in [-0.2, -0.15) is 0 Å². The Morgan fingerprint density at radius 3 is 2.70 bits per heavy atom. The fourth-order valence-electron chi connectivity index (χ4n) is 0.485. The molecule has 0 saturated carbocycles. The summed E-state index contributed by atoms with van der Waals surface area (Å²) in [6, 6.07) is 0. The third-order valence-corrected chi connectivity index (χ3v) is 1.08. The molecular weight excluding hydrogens is 135 g/mol. The van der Waals surface area contributed by atoms with E-state index in [0.29, 0.717) is 25.9 Å². The SMILES string of the molecule is CCC(=O)OCCCCF. The van der Waals surface area contributed by atoms with Gasteiger partial charge in [0.2, 0.25) is 0 Å². The number of rotatable bonds is 5. The summed E-state index contributed by atoms with van der Waals surface area (Å²) in [7, 11) is 0. The molecule has 0 rings (SSSR count). The maximum absolute atomic E-state index is 11.5. The number of esters is 1. The van der Waals surface area contributed by atoms with Gasteiger partial charge in [0.1, 0.15) is 0 Å². The lowest BCUT2D eigenvalue weighted by Crippen LogP contribution is -2.03. The molecule has 0 spiro atoms. The van der Waals surface area contributed by atoms with Crippen molar-refractivity contribution in [2.75, 3.05) is 13.3 Å². The molecule has 0 aromatic rings. The molecule has 10 heavy (non-hydrogen) atoms. The fraction of sp³-hybridized carbons (Fsp3) is 0.857. The van der Waals surface area contributed by atoms with Crippen LogP contribution in [0.25, 0.3) is 0 Å². The molecule has 0 saturated heterocycles. The van der Waals surface area contributed by atoms with Gasteiger partial charge in [-0.1, -0.05) is 6.92 Å². The Bertz CT molecular complexity index is 93.6. The Kier molecular flexibility index (Phi) is 6.13. The molecule has 0 aliphatic rings. The van der Waals surface area contributed by atoms with Crippen LogP contribution in [0.15, 0.2) is 0 Å². The van der Waals surface area contributed by atoms with Crippen molar-refractivity contribution >= 4 is 5.97 Å². The van der Waals surface area contributed by atoms with Crippen molar-refractivity contribution in [3.8, 4) is 0 Å². The summed E-state index contributed by atoms with van der Waals surface area (Å²) in [5.74, 6) is -0.209. The molecule has 0 aliphatic carbocycles. The molecule has 3 heteroatoms. The van der Waals surface area contributed by atoms with E-state index in [9.17, 15) is 9.18 Å². The van der Waals surface area contributed by atoms with Crippen molar-refractivity contribution < 1.29 is 13.9 Å². The molecule has 0 aliphatic heterocycles. The predicted molar refractivity (Wildman–Crippen MR) is 36.5 cm³/mol. The van der Waals surface area contributed by atoms with Crippen LogP contribution in [-0.4, -0.2) is 19.3 Å². The van der Waals surface area contributed by atoms with Gasteiger partial charge in [-0.15, -0.1) is 0 Å². The van der Waals surface area contributed by atoms with E-state index < -0.39 is 0 Å². The van der Waals surface area contributed by atoms with Crippen molar-refractivity contribution in [1.29, 1.82) is 0 Å². The molecular formula is C7H13FO2. The molecule has 0 fully saturated rings. The molecule has 0 atom stereocenters. The van der Waals surface area contributed by atoms with Gasteiger partial charge in [-0.05, 0) is 12.8 Å². The van der Waals surface area contributed by atoms with Gasteiger partial charge < -0.3 is 4.74 Å². The molecule has 0 bridgehead atoms. The third kappa shape index (κ3) is 5.54. The van der Waals surface area contributed by atoms with E-state index in [2.05, 4.69) is 4.74 Å². The number of hydrogen-bond acceptors (Lipinski definition) is 2. The summed E-state index contributed by atoms with van der Waals surface area (Å²) in [5.41, 5.74) is 0. The van der Waals surface area contributed by atoms with Crippen LogP contribution in [0, 0.1) is 0 Å². The van der Waals surface area contributed by atoms with Crippen LogP contribution in [0.2, 0.25) is 0 Å². The van der Waals surface area contributed by atoms with Gasteiger partial charge in [0.05, 0.1) is 13.3 Å². The second-order valence-electron chi connectivity index (χ2n) is 1.97. The summed E-state index contributed by atoms with van der Waals surface area (Å²) in [5, 5.41) is 0. The standard InChI is InChI=1S/C7H13FO2/c1-2-7(9)10-6-4-3-5-8/h2-6H2,1H3. The van der Waals surface area contributed by atoms with E-state index in [0.717, 1.165) is 0 Å². The first kappa shape index (κ1) is 9.40. The second kappa shape index (κ2) is 6.52. The highest BCUT2D eigenvalue weighted by atomic mass is 19.1. The van der Waals surface area contributed by atoms with E-state index >= 15 is 0 Å². The van der Waals surface area contributed by atoms with Crippen LogP contribution in [0.1, 0.15) is 26.2 Å². The van der Waals surface area contributed by atoms with Crippen molar-refractivity contribution in [3.05, 3.63) is 0 Å². The zero-order valence-corrected chi connectivity index (χ0v) is 6.23. The zero-order valence-electron chi connectivity index (χ0n) is 6.23. The molecule has 0 unspecified atom stereocenters. The Labute approximate surface area is 60.4 Å². The van der Waals surface area contributed by atoms with E-state index in [-0.39, 0.29) is 12.6 Å². The summed E-state index contributed by atoms with van der Waals surface area (Å²) >= 11 is 0. The van der Waals surface area contributed by atoms with Crippen LogP contribution in [0.3, 0.4) is 0 Å². The van der Waals surface area contributed by atoms with Crippen LogP contribution >= 0.6 is 0 Å². The molecule has 0 radical (unpaired) electrons. The molecule has 0 aromatic heterocycles. The summed E-state index contributed by atoms with van der Waals surface area (Å²) in [6.45, 7) is 1.76. The Morgan fingerprint density at radius 2 is 2.20 bits per heavy atom. The highest BCUT2D eigenvalue weighted by Gasteiger charge is 1.95. The Balaban J connectivity index is 2.96. The number of unbranched alkanes of at least 4 members (excludes halogenated alkanes) is 1. The quantitative estimate of drug-likeness (QED) is 0.438. The van der Waals surface area contributed by atoms with E-state index in [1.165, 1.54) is 0 Å². The maximum Gasteiger partial charge on any atom is 0.305 e. The fourth-order valence-corrected chi connectivity index (χ4v) is 0.485. The van der Waals surface area contributed by atoms with Gasteiger partial charge >= 0.3 is 5.97 Å². The Morgan fingerprint density at radius 1 is 1.50 bits per heavy atom. The number of alkyl halides is 1. The van der Waals surface area contributed by atoms with E-state index in [4.69, 9.17) is 0 Å². The summed E-state index contributed by atoms with van der Waals surface area (Å²) in [4.78, 5) is 10.5. The first-order chi connectivity index (χ1) is 4.81. The first-order valence-electron chi connectivity index (χ1n) is 3.52. The van der Waals surface area contributed by atoms with Gasteiger partial charge in [0.25, 0.3) is 0 Å². The molecule has 0 aromatic carbocycles. The number of hydrogen-bond donors (Lipinski definition) is 0. The lowest BCUT2D eigenvalue weighted by Gasteiger charge is -1.99. The highest BCUT2D eigenvalue weighted by Crippen LogP contribution is 1.92. The molecule has 0 heterocycles. The monoisotopic (exact) mass is 148 g/mol. The second-order valence-corrected chi connectivity index (χ2v) is 1.97. The lowest BCUT2D eigenvalue weighted by atomic mass is 10.3. The van der Waals surface area contributed by atoms with E-state index in [1.807, 2.05) is 0 Å². The number of ether oxygens (including phenoxy) is 1. The average Bonchev–Trinajstić information content (AvgIpc) is 1.98. The van der Waals surface area contributed by atoms with Gasteiger partial charge in [0, 0.05) is 6.42 Å². The molecule has 60 valence electrons. The number of halogens is 1. The lowest BCUT2D eigenvalue weighted by molar-refractivity contribution is -0.143.